The summed E-state index contributed by atoms with van der Waals surface area (Å²) in [6.45, 7) is 7.50. The Hall–Kier alpha value is -2.52. The Morgan fingerprint density at radius 3 is 2.55 bits per heavy atom. The molecule has 0 bridgehead atoms. The summed E-state index contributed by atoms with van der Waals surface area (Å²) >= 11 is 7.09. The Morgan fingerprint density at radius 2 is 2.00 bits per heavy atom. The number of carbonyl (C=O) groups is 2. The number of ether oxygens (including phenoxy) is 1. The average Bonchev–Trinajstić information content (AvgIpc) is 3.21. The van der Waals surface area contributed by atoms with Crippen LogP contribution in [0.2, 0.25) is 0 Å². The van der Waals surface area contributed by atoms with Crippen LogP contribution >= 0.6 is 22.9 Å². The topological polar surface area (TPSA) is 114 Å². The molecule has 0 saturated carbocycles. The molecule has 1 amide bonds. The largest absolute Gasteiger partial charge is 0.477 e. The SMILES string of the molecule is CCC1=C(Cl)N=C(C(=O)Nc2nc(OC(C)C)c3c(CC)c(C(=O)O)sc3n2)C1. The van der Waals surface area contributed by atoms with Gasteiger partial charge < -0.3 is 9.84 Å². The predicted octanol–water partition coefficient (Wildman–Crippen LogP) is 4.38. The van der Waals surface area contributed by atoms with Crippen LogP contribution in [0.3, 0.4) is 0 Å². The van der Waals surface area contributed by atoms with Gasteiger partial charge in [-0.15, -0.1) is 11.3 Å². The molecule has 29 heavy (non-hydrogen) atoms. The number of aromatic carboxylic acids is 1. The monoisotopic (exact) mass is 436 g/mol. The van der Waals surface area contributed by atoms with Crippen LogP contribution in [-0.2, 0) is 11.2 Å². The van der Waals surface area contributed by atoms with Crippen LogP contribution in [0.4, 0.5) is 5.95 Å². The number of thiophene rings is 1. The Balaban J connectivity index is 2.00. The second-order valence-corrected chi connectivity index (χ2v) is 8.06. The highest BCUT2D eigenvalue weighted by atomic mass is 35.5. The van der Waals surface area contributed by atoms with Gasteiger partial charge >= 0.3 is 5.97 Å². The van der Waals surface area contributed by atoms with Crippen molar-refractivity contribution in [3.05, 3.63) is 21.2 Å². The lowest BCUT2D eigenvalue weighted by Crippen LogP contribution is -2.23. The van der Waals surface area contributed by atoms with Gasteiger partial charge in [-0.1, -0.05) is 25.4 Å². The quantitative estimate of drug-likeness (QED) is 0.622. The van der Waals surface area contributed by atoms with Gasteiger partial charge in [0.1, 0.15) is 20.6 Å². The van der Waals surface area contributed by atoms with Crippen LogP contribution in [0.5, 0.6) is 5.88 Å². The van der Waals surface area contributed by atoms with Crippen molar-refractivity contribution in [3.63, 3.8) is 0 Å². The van der Waals surface area contributed by atoms with Crippen molar-refractivity contribution >= 4 is 56.7 Å². The van der Waals surface area contributed by atoms with Gasteiger partial charge in [-0.3, -0.25) is 10.1 Å². The first-order valence-corrected chi connectivity index (χ1v) is 10.4. The van der Waals surface area contributed by atoms with Gasteiger partial charge in [-0.05, 0) is 37.8 Å². The Morgan fingerprint density at radius 1 is 1.28 bits per heavy atom. The molecule has 1 aliphatic rings. The molecule has 3 heterocycles. The van der Waals surface area contributed by atoms with Crippen LogP contribution in [0.1, 0.15) is 55.8 Å². The van der Waals surface area contributed by atoms with Crippen molar-refractivity contribution in [2.24, 2.45) is 4.99 Å². The third-order valence-electron chi connectivity index (χ3n) is 4.33. The summed E-state index contributed by atoms with van der Waals surface area (Å²) in [5, 5.41) is 13.1. The van der Waals surface area contributed by atoms with Crippen molar-refractivity contribution in [1.29, 1.82) is 0 Å². The highest BCUT2D eigenvalue weighted by molar-refractivity contribution is 7.20. The average molecular weight is 437 g/mol. The number of hydrogen-bond donors (Lipinski definition) is 2. The number of amides is 1. The number of aromatic nitrogens is 2. The smallest absolute Gasteiger partial charge is 0.346 e. The normalized spacial score (nSPS) is 13.9. The van der Waals surface area contributed by atoms with Crippen molar-refractivity contribution < 1.29 is 19.4 Å². The van der Waals surface area contributed by atoms with E-state index in [0.717, 1.165) is 16.9 Å². The zero-order chi connectivity index (χ0) is 21.3. The first kappa shape index (κ1) is 21.2. The third kappa shape index (κ3) is 4.25. The summed E-state index contributed by atoms with van der Waals surface area (Å²) in [5.41, 5.74) is 1.80. The molecule has 0 aliphatic carbocycles. The minimum absolute atomic E-state index is 0.0303. The van der Waals surface area contributed by atoms with Gasteiger partial charge in [-0.25, -0.2) is 14.8 Å². The maximum atomic E-state index is 12.6. The highest BCUT2D eigenvalue weighted by Crippen LogP contribution is 2.37. The van der Waals surface area contributed by atoms with Gasteiger partial charge in [0.25, 0.3) is 5.91 Å². The number of nitrogens with zero attached hydrogens (tertiary/aromatic N) is 3. The third-order valence-corrected chi connectivity index (χ3v) is 5.80. The van der Waals surface area contributed by atoms with E-state index in [1.54, 1.807) is 0 Å². The van der Waals surface area contributed by atoms with E-state index in [4.69, 9.17) is 16.3 Å². The van der Waals surface area contributed by atoms with E-state index in [1.807, 2.05) is 27.7 Å². The van der Waals surface area contributed by atoms with Crippen LogP contribution < -0.4 is 10.1 Å². The maximum Gasteiger partial charge on any atom is 0.346 e. The molecule has 1 aliphatic heterocycles. The molecule has 3 rings (SSSR count). The number of aliphatic imine (C=N–C) groups is 1. The van der Waals surface area contributed by atoms with Crippen molar-refractivity contribution in [1.82, 2.24) is 9.97 Å². The van der Waals surface area contributed by atoms with Gasteiger partial charge in [0.15, 0.2) is 0 Å². The predicted molar refractivity (Wildman–Crippen MR) is 113 cm³/mol. The van der Waals surface area contributed by atoms with E-state index in [1.165, 1.54) is 0 Å². The minimum atomic E-state index is -1.03. The number of carboxylic acids is 1. The number of carboxylic acid groups (broad SMARTS) is 1. The lowest BCUT2D eigenvalue weighted by Gasteiger charge is -2.12. The fraction of sp³-hybridized carbons (Fsp3) is 0.421. The van der Waals surface area contributed by atoms with Gasteiger partial charge in [0.05, 0.1) is 11.5 Å². The van der Waals surface area contributed by atoms with Crippen molar-refractivity contribution in [3.8, 4) is 5.88 Å². The molecule has 0 unspecified atom stereocenters. The van der Waals surface area contributed by atoms with Crippen molar-refractivity contribution in [2.45, 2.75) is 53.1 Å². The van der Waals surface area contributed by atoms with Gasteiger partial charge in [-0.2, -0.15) is 4.98 Å². The van der Waals surface area contributed by atoms with E-state index in [9.17, 15) is 14.7 Å². The highest BCUT2D eigenvalue weighted by Gasteiger charge is 2.25. The number of nitrogens with one attached hydrogen (secondary N) is 1. The molecule has 0 spiro atoms. The van der Waals surface area contributed by atoms with Crippen LogP contribution in [-0.4, -0.2) is 38.8 Å². The van der Waals surface area contributed by atoms with E-state index in [0.29, 0.717) is 40.2 Å². The molecule has 2 aromatic heterocycles. The minimum Gasteiger partial charge on any atom is -0.477 e. The fourth-order valence-corrected chi connectivity index (χ4v) is 4.38. The standard InChI is InChI=1S/C19H21ClN4O4S/c1-5-9-7-11(21-14(9)20)15(25)22-19-23-16(28-8(3)4)12-10(6-2)13(18(26)27)29-17(12)24-19/h8H,5-7H2,1-4H3,(H,26,27)(H,22,23,24,25). The van der Waals surface area contributed by atoms with E-state index >= 15 is 0 Å². The van der Waals surface area contributed by atoms with Crippen LogP contribution in [0, 0.1) is 0 Å². The molecule has 2 N–H and O–H groups in total. The lowest BCUT2D eigenvalue weighted by atomic mass is 10.1. The molecule has 0 radical (unpaired) electrons. The second kappa shape index (κ2) is 8.46. The summed E-state index contributed by atoms with van der Waals surface area (Å²) in [6.07, 6.45) is 1.39. The Bertz CT molecular complexity index is 1060. The number of halogens is 1. The first-order chi connectivity index (χ1) is 13.7. The van der Waals surface area contributed by atoms with Crippen LogP contribution in [0.25, 0.3) is 10.2 Å². The van der Waals surface area contributed by atoms with Crippen molar-refractivity contribution in [2.75, 3.05) is 5.32 Å². The number of carbonyl (C=O) groups excluding carboxylic acids is 1. The Kier molecular flexibility index (Phi) is 6.18. The van der Waals surface area contributed by atoms with Gasteiger partial charge in [0, 0.05) is 6.42 Å². The molecule has 154 valence electrons. The number of rotatable bonds is 7. The number of fused-ring (bicyclic) bond motifs is 1. The first-order valence-electron chi connectivity index (χ1n) is 9.24. The number of allylic oxidation sites excluding steroid dienone is 1. The molecule has 2 aromatic rings. The zero-order valence-electron chi connectivity index (χ0n) is 16.5. The van der Waals surface area contributed by atoms with E-state index in [-0.39, 0.29) is 28.5 Å². The zero-order valence-corrected chi connectivity index (χ0v) is 18.1. The molecule has 0 atom stereocenters. The summed E-state index contributed by atoms with van der Waals surface area (Å²) in [5.74, 6) is -1.20. The maximum absolute atomic E-state index is 12.6. The number of aryl methyl sites for hydroxylation is 1. The van der Waals surface area contributed by atoms with E-state index < -0.39 is 11.9 Å². The lowest BCUT2D eigenvalue weighted by molar-refractivity contribution is -0.110. The Labute approximate surface area is 176 Å². The number of hydrogen-bond acceptors (Lipinski definition) is 7. The molecule has 0 aromatic carbocycles. The molecular formula is C19H21ClN4O4S. The van der Waals surface area contributed by atoms with Crippen LogP contribution in [0.15, 0.2) is 15.7 Å². The van der Waals surface area contributed by atoms with Gasteiger partial charge in [0.2, 0.25) is 11.8 Å². The summed E-state index contributed by atoms with van der Waals surface area (Å²) < 4.78 is 5.81. The fourth-order valence-electron chi connectivity index (χ4n) is 2.99. The van der Waals surface area contributed by atoms with E-state index in [2.05, 4.69) is 20.3 Å². The second-order valence-electron chi connectivity index (χ2n) is 6.70. The molecule has 0 saturated heterocycles. The summed E-state index contributed by atoms with van der Waals surface area (Å²) in [4.78, 5) is 37.7. The molecule has 10 heteroatoms. The number of anilines is 1. The summed E-state index contributed by atoms with van der Waals surface area (Å²) in [6, 6.07) is 0. The molecule has 0 fully saturated rings. The molecular weight excluding hydrogens is 416 g/mol. The molecule has 8 nitrogen and oxygen atoms in total. The summed E-state index contributed by atoms with van der Waals surface area (Å²) in [7, 11) is 0.